The summed E-state index contributed by atoms with van der Waals surface area (Å²) in [7, 11) is -3.67. The summed E-state index contributed by atoms with van der Waals surface area (Å²) < 4.78 is 32.3. The summed E-state index contributed by atoms with van der Waals surface area (Å²) >= 11 is 0. The molecule has 0 saturated carbocycles. The van der Waals surface area contributed by atoms with E-state index in [1.165, 1.54) is 24.6 Å². The maximum absolute atomic E-state index is 12.3. The summed E-state index contributed by atoms with van der Waals surface area (Å²) in [5.74, 6) is 0.140. The number of aromatic nitrogens is 1. The number of nitrogens with zero attached hydrogens (tertiary/aromatic N) is 2. The lowest BCUT2D eigenvalue weighted by Crippen LogP contribution is -2.23. The van der Waals surface area contributed by atoms with Gasteiger partial charge in [-0.15, -0.1) is 0 Å². The predicted molar refractivity (Wildman–Crippen MR) is 103 cm³/mol. The summed E-state index contributed by atoms with van der Waals surface area (Å²) in [5.41, 5.74) is 4.05. The molecule has 2 N–H and O–H groups in total. The summed E-state index contributed by atoms with van der Waals surface area (Å²) in [4.78, 5) is 16.0. The second-order valence-corrected chi connectivity index (χ2v) is 7.58. The number of pyridine rings is 1. The van der Waals surface area contributed by atoms with Gasteiger partial charge >= 0.3 is 0 Å². The molecule has 0 radical (unpaired) electrons. The Morgan fingerprint density at radius 3 is 2.54 bits per heavy atom. The lowest BCUT2D eigenvalue weighted by molar-refractivity contribution is 0.0954. The van der Waals surface area contributed by atoms with Crippen molar-refractivity contribution in [2.45, 2.75) is 18.4 Å². The van der Waals surface area contributed by atoms with Gasteiger partial charge < -0.3 is 4.42 Å². The summed E-state index contributed by atoms with van der Waals surface area (Å²) in [6, 6.07) is 12.8. The molecule has 0 aliphatic carbocycles. The SMILES string of the molecule is CC(=NNC(=O)c1cccnc1)c1ccc(S(=O)(=O)NCc2ccco2)cc1. The van der Waals surface area contributed by atoms with Crippen LogP contribution in [0, 0.1) is 0 Å². The third-order valence-corrected chi connectivity index (χ3v) is 5.26. The van der Waals surface area contributed by atoms with E-state index < -0.39 is 10.0 Å². The molecule has 0 bridgehead atoms. The molecule has 3 rings (SSSR count). The van der Waals surface area contributed by atoms with Gasteiger partial charge in [-0.25, -0.2) is 18.6 Å². The molecule has 0 fully saturated rings. The van der Waals surface area contributed by atoms with Gasteiger partial charge in [-0.05, 0) is 48.9 Å². The Morgan fingerprint density at radius 2 is 1.89 bits per heavy atom. The van der Waals surface area contributed by atoms with Crippen molar-refractivity contribution in [2.75, 3.05) is 0 Å². The molecule has 1 amide bonds. The molecule has 2 heterocycles. The van der Waals surface area contributed by atoms with Crippen LogP contribution in [-0.2, 0) is 16.6 Å². The number of carbonyl (C=O) groups is 1. The maximum atomic E-state index is 12.3. The highest BCUT2D eigenvalue weighted by molar-refractivity contribution is 7.89. The topological polar surface area (TPSA) is 114 Å². The molecule has 28 heavy (non-hydrogen) atoms. The largest absolute Gasteiger partial charge is 0.468 e. The van der Waals surface area contributed by atoms with Crippen LogP contribution in [-0.4, -0.2) is 25.0 Å². The minimum absolute atomic E-state index is 0.0674. The normalized spacial score (nSPS) is 12.0. The van der Waals surface area contributed by atoms with Crippen molar-refractivity contribution in [3.63, 3.8) is 0 Å². The van der Waals surface area contributed by atoms with Gasteiger partial charge in [0.2, 0.25) is 10.0 Å². The summed E-state index contributed by atoms with van der Waals surface area (Å²) in [6.07, 6.45) is 4.49. The summed E-state index contributed by atoms with van der Waals surface area (Å²) in [6.45, 7) is 1.78. The van der Waals surface area contributed by atoms with E-state index >= 15 is 0 Å². The smallest absolute Gasteiger partial charge is 0.272 e. The van der Waals surface area contributed by atoms with E-state index in [-0.39, 0.29) is 17.3 Å². The zero-order valence-electron chi connectivity index (χ0n) is 15.0. The molecular weight excluding hydrogens is 380 g/mol. The first-order valence-electron chi connectivity index (χ1n) is 8.33. The van der Waals surface area contributed by atoms with Gasteiger partial charge in [0.05, 0.1) is 29.0 Å². The van der Waals surface area contributed by atoms with Gasteiger partial charge in [0.1, 0.15) is 5.76 Å². The molecule has 0 aliphatic rings. The fourth-order valence-corrected chi connectivity index (χ4v) is 3.29. The number of benzene rings is 1. The van der Waals surface area contributed by atoms with Crippen LogP contribution in [0.4, 0.5) is 0 Å². The van der Waals surface area contributed by atoms with Crippen LogP contribution < -0.4 is 10.1 Å². The fraction of sp³-hybridized carbons (Fsp3) is 0.105. The van der Waals surface area contributed by atoms with Gasteiger partial charge in [0, 0.05) is 12.4 Å². The van der Waals surface area contributed by atoms with E-state index in [0.29, 0.717) is 22.6 Å². The Labute approximate surface area is 162 Å². The molecule has 0 saturated heterocycles. The van der Waals surface area contributed by atoms with Gasteiger partial charge in [-0.1, -0.05) is 12.1 Å². The number of amides is 1. The quantitative estimate of drug-likeness (QED) is 0.468. The highest BCUT2D eigenvalue weighted by atomic mass is 32.2. The molecule has 0 unspecified atom stereocenters. The lowest BCUT2D eigenvalue weighted by atomic mass is 10.1. The molecule has 3 aromatic rings. The number of hydrazone groups is 1. The van der Waals surface area contributed by atoms with E-state index in [1.54, 1.807) is 49.5 Å². The number of hydrogen-bond acceptors (Lipinski definition) is 6. The number of hydrogen-bond donors (Lipinski definition) is 2. The van der Waals surface area contributed by atoms with Crippen molar-refractivity contribution in [3.05, 3.63) is 84.1 Å². The van der Waals surface area contributed by atoms with Crippen molar-refractivity contribution >= 4 is 21.6 Å². The van der Waals surface area contributed by atoms with Gasteiger partial charge in [0.15, 0.2) is 0 Å². The molecule has 2 aromatic heterocycles. The molecular formula is C19H18N4O4S. The van der Waals surface area contributed by atoms with Crippen LogP contribution in [0.1, 0.15) is 28.6 Å². The van der Waals surface area contributed by atoms with E-state index in [1.807, 2.05) is 0 Å². The lowest BCUT2D eigenvalue weighted by Gasteiger charge is -2.07. The fourth-order valence-electron chi connectivity index (χ4n) is 2.30. The minimum atomic E-state index is -3.67. The van der Waals surface area contributed by atoms with Crippen molar-refractivity contribution in [1.82, 2.24) is 15.1 Å². The monoisotopic (exact) mass is 398 g/mol. The van der Waals surface area contributed by atoms with E-state index in [0.717, 1.165) is 0 Å². The molecule has 0 aliphatic heterocycles. The van der Waals surface area contributed by atoms with Crippen LogP contribution in [0.2, 0.25) is 0 Å². The predicted octanol–water partition coefficient (Wildman–Crippen LogP) is 2.31. The number of rotatable bonds is 7. The molecule has 0 spiro atoms. The zero-order chi connectivity index (χ0) is 20.0. The van der Waals surface area contributed by atoms with Crippen molar-refractivity contribution in [1.29, 1.82) is 0 Å². The molecule has 0 atom stereocenters. The number of nitrogens with one attached hydrogen (secondary N) is 2. The maximum Gasteiger partial charge on any atom is 0.272 e. The third-order valence-electron chi connectivity index (χ3n) is 3.85. The average molecular weight is 398 g/mol. The number of furan rings is 1. The van der Waals surface area contributed by atoms with Crippen molar-refractivity contribution in [3.8, 4) is 0 Å². The van der Waals surface area contributed by atoms with E-state index in [9.17, 15) is 13.2 Å². The Balaban J connectivity index is 1.65. The third kappa shape index (κ3) is 4.90. The Kier molecular flexibility index (Phi) is 5.97. The van der Waals surface area contributed by atoms with Gasteiger partial charge in [-0.2, -0.15) is 5.10 Å². The molecule has 9 heteroatoms. The second kappa shape index (κ2) is 8.59. The zero-order valence-corrected chi connectivity index (χ0v) is 15.8. The summed E-state index contributed by atoms with van der Waals surface area (Å²) in [5, 5.41) is 4.04. The Bertz CT molecular complexity index is 1060. The highest BCUT2D eigenvalue weighted by Crippen LogP contribution is 2.12. The standard InChI is InChI=1S/C19H18N4O4S/c1-14(22-23-19(24)16-4-2-10-20-12-16)15-6-8-18(9-7-15)28(25,26)21-13-17-5-3-11-27-17/h2-12,21H,13H2,1H3,(H,23,24). The molecule has 144 valence electrons. The van der Waals surface area contributed by atoms with Crippen molar-refractivity contribution in [2.24, 2.45) is 5.10 Å². The molecule has 8 nitrogen and oxygen atoms in total. The Morgan fingerprint density at radius 1 is 1.11 bits per heavy atom. The van der Waals surface area contributed by atoms with Gasteiger partial charge in [0.25, 0.3) is 5.91 Å². The van der Waals surface area contributed by atoms with E-state index in [2.05, 4.69) is 20.2 Å². The van der Waals surface area contributed by atoms with Crippen LogP contribution in [0.15, 0.2) is 81.6 Å². The molecule has 1 aromatic carbocycles. The van der Waals surface area contributed by atoms with Crippen LogP contribution >= 0.6 is 0 Å². The first kappa shape index (κ1) is 19.5. The van der Waals surface area contributed by atoms with E-state index in [4.69, 9.17) is 4.42 Å². The van der Waals surface area contributed by atoms with Crippen LogP contribution in [0.5, 0.6) is 0 Å². The van der Waals surface area contributed by atoms with Gasteiger partial charge in [-0.3, -0.25) is 9.78 Å². The highest BCUT2D eigenvalue weighted by Gasteiger charge is 2.14. The number of sulfonamides is 1. The first-order chi connectivity index (χ1) is 13.5. The minimum Gasteiger partial charge on any atom is -0.468 e. The first-order valence-corrected chi connectivity index (χ1v) is 9.81. The van der Waals surface area contributed by atoms with Crippen molar-refractivity contribution < 1.29 is 17.6 Å². The Hall–Kier alpha value is -3.30. The average Bonchev–Trinajstić information content (AvgIpc) is 3.25. The second-order valence-electron chi connectivity index (χ2n) is 5.81. The number of carbonyl (C=O) groups excluding carboxylic acids is 1. The van der Waals surface area contributed by atoms with Crippen LogP contribution in [0.25, 0.3) is 0 Å². The van der Waals surface area contributed by atoms with Crippen LogP contribution in [0.3, 0.4) is 0 Å².